The molecule has 2 atom stereocenters. The normalized spacial score (nSPS) is 20.2. The molecule has 0 aliphatic carbocycles. The van der Waals surface area contributed by atoms with Gasteiger partial charge in [0.2, 0.25) is 5.91 Å². The predicted octanol–water partition coefficient (Wildman–Crippen LogP) is 2.48. The number of ether oxygens (including phenoxy) is 1. The van der Waals surface area contributed by atoms with Gasteiger partial charge in [-0.2, -0.15) is 0 Å². The third kappa shape index (κ3) is 4.11. The average Bonchev–Trinajstić information content (AvgIpc) is 2.49. The number of carbonyl (C=O) groups is 1. The summed E-state index contributed by atoms with van der Waals surface area (Å²) in [5, 5.41) is 0.573. The summed E-state index contributed by atoms with van der Waals surface area (Å²) in [6.45, 7) is 3.58. The molecule has 0 spiro atoms. The number of likely N-dealkylation sites (tertiary alicyclic amines) is 1. The molecular weight excluding hydrogens is 288 g/mol. The lowest BCUT2D eigenvalue weighted by molar-refractivity contribution is -0.132. The van der Waals surface area contributed by atoms with E-state index in [1.54, 1.807) is 13.2 Å². The number of nitrogens with two attached hydrogens (primary N) is 1. The van der Waals surface area contributed by atoms with Gasteiger partial charge in [0, 0.05) is 24.2 Å². The van der Waals surface area contributed by atoms with Crippen LogP contribution in [0.1, 0.15) is 25.3 Å². The Bertz CT molecular complexity index is 505. The quantitative estimate of drug-likeness (QED) is 0.929. The van der Waals surface area contributed by atoms with Crippen LogP contribution in [0.3, 0.4) is 0 Å². The molecule has 2 N–H and O–H groups in total. The van der Waals surface area contributed by atoms with Crippen LogP contribution >= 0.6 is 11.6 Å². The third-order valence-corrected chi connectivity index (χ3v) is 4.51. The molecule has 0 aromatic heterocycles. The molecule has 1 amide bonds. The number of halogens is 1. The van der Waals surface area contributed by atoms with Crippen LogP contribution in [-0.4, -0.2) is 37.0 Å². The highest BCUT2D eigenvalue weighted by Crippen LogP contribution is 2.24. The van der Waals surface area contributed by atoms with E-state index < -0.39 is 0 Å². The van der Waals surface area contributed by atoms with E-state index in [2.05, 4.69) is 0 Å². The van der Waals surface area contributed by atoms with Crippen molar-refractivity contribution >= 4 is 17.5 Å². The van der Waals surface area contributed by atoms with Gasteiger partial charge < -0.3 is 15.4 Å². The van der Waals surface area contributed by atoms with Crippen molar-refractivity contribution in [2.45, 2.75) is 32.2 Å². The standard InChI is InChI=1S/C16H23ClN2O2/c1-11(18)13-4-3-7-19(10-13)16(20)8-12-5-6-14(21-2)9-15(12)17/h5-6,9,11,13H,3-4,7-8,10,18H2,1-2H3/t11-,13-/m1/s1. The highest BCUT2D eigenvalue weighted by molar-refractivity contribution is 6.31. The lowest BCUT2D eigenvalue weighted by Crippen LogP contribution is -2.45. The first kappa shape index (κ1) is 16.1. The van der Waals surface area contributed by atoms with Crippen LogP contribution < -0.4 is 10.5 Å². The Morgan fingerprint density at radius 3 is 2.95 bits per heavy atom. The molecule has 1 aromatic rings. The van der Waals surface area contributed by atoms with Gasteiger partial charge in [-0.1, -0.05) is 17.7 Å². The Balaban J connectivity index is 2.01. The van der Waals surface area contributed by atoms with Crippen LogP contribution in [-0.2, 0) is 11.2 Å². The zero-order chi connectivity index (χ0) is 15.4. The first-order chi connectivity index (χ1) is 10.0. The molecule has 1 aliphatic rings. The topological polar surface area (TPSA) is 55.6 Å². The van der Waals surface area contributed by atoms with Gasteiger partial charge in [0.15, 0.2) is 0 Å². The van der Waals surface area contributed by atoms with Crippen LogP contribution in [0.25, 0.3) is 0 Å². The number of nitrogens with zero attached hydrogens (tertiary/aromatic N) is 1. The summed E-state index contributed by atoms with van der Waals surface area (Å²) in [7, 11) is 1.60. The molecule has 5 heteroatoms. The number of amides is 1. The van der Waals surface area contributed by atoms with Gasteiger partial charge in [0.1, 0.15) is 5.75 Å². The second-order valence-electron chi connectivity index (χ2n) is 5.74. The lowest BCUT2D eigenvalue weighted by Gasteiger charge is -2.34. The fraction of sp³-hybridized carbons (Fsp3) is 0.562. The summed E-state index contributed by atoms with van der Waals surface area (Å²) in [5.41, 5.74) is 6.80. The van der Waals surface area contributed by atoms with E-state index in [4.69, 9.17) is 22.1 Å². The highest BCUT2D eigenvalue weighted by Gasteiger charge is 2.26. The number of methoxy groups -OCH3 is 1. The van der Waals surface area contributed by atoms with E-state index in [-0.39, 0.29) is 11.9 Å². The van der Waals surface area contributed by atoms with Gasteiger partial charge in [0.05, 0.1) is 13.5 Å². The van der Waals surface area contributed by atoms with E-state index in [1.165, 1.54) is 0 Å². The largest absolute Gasteiger partial charge is 0.497 e. The Morgan fingerprint density at radius 2 is 2.33 bits per heavy atom. The summed E-state index contributed by atoms with van der Waals surface area (Å²) in [6, 6.07) is 5.55. The Kier molecular flexibility index (Phi) is 5.48. The number of hydrogen-bond donors (Lipinski definition) is 1. The maximum atomic E-state index is 12.4. The van der Waals surface area contributed by atoms with Crippen molar-refractivity contribution in [3.63, 3.8) is 0 Å². The highest BCUT2D eigenvalue weighted by atomic mass is 35.5. The molecule has 1 fully saturated rings. The smallest absolute Gasteiger partial charge is 0.227 e. The van der Waals surface area contributed by atoms with E-state index in [9.17, 15) is 4.79 Å². The van der Waals surface area contributed by atoms with Gasteiger partial charge in [0.25, 0.3) is 0 Å². The molecular formula is C16H23ClN2O2. The second kappa shape index (κ2) is 7.14. The summed E-state index contributed by atoms with van der Waals surface area (Å²) in [6.07, 6.45) is 2.45. The van der Waals surface area contributed by atoms with Gasteiger partial charge in [-0.3, -0.25) is 4.79 Å². The molecule has 116 valence electrons. The molecule has 1 aromatic carbocycles. The molecule has 1 heterocycles. The fourth-order valence-electron chi connectivity index (χ4n) is 2.74. The number of benzene rings is 1. The van der Waals surface area contributed by atoms with Crippen molar-refractivity contribution in [2.75, 3.05) is 20.2 Å². The van der Waals surface area contributed by atoms with Crippen LogP contribution in [0.5, 0.6) is 5.75 Å². The third-order valence-electron chi connectivity index (χ3n) is 4.16. The van der Waals surface area contributed by atoms with Gasteiger partial charge >= 0.3 is 0 Å². The summed E-state index contributed by atoms with van der Waals surface area (Å²) >= 11 is 6.20. The fourth-order valence-corrected chi connectivity index (χ4v) is 2.98. The maximum absolute atomic E-state index is 12.4. The molecule has 1 aliphatic heterocycles. The number of hydrogen-bond acceptors (Lipinski definition) is 3. The van der Waals surface area contributed by atoms with Crippen LogP contribution in [0.15, 0.2) is 18.2 Å². The van der Waals surface area contributed by atoms with Gasteiger partial charge in [-0.05, 0) is 43.4 Å². The molecule has 0 saturated carbocycles. The Morgan fingerprint density at radius 1 is 1.57 bits per heavy atom. The molecule has 0 bridgehead atoms. The van der Waals surface area contributed by atoms with E-state index in [0.29, 0.717) is 23.1 Å². The minimum Gasteiger partial charge on any atom is -0.497 e. The molecule has 2 rings (SSSR count). The zero-order valence-electron chi connectivity index (χ0n) is 12.6. The predicted molar refractivity (Wildman–Crippen MR) is 84.7 cm³/mol. The van der Waals surface area contributed by atoms with Gasteiger partial charge in [-0.25, -0.2) is 0 Å². The molecule has 0 unspecified atom stereocenters. The summed E-state index contributed by atoms with van der Waals surface area (Å²) < 4.78 is 5.12. The minimum atomic E-state index is 0.118. The Hall–Kier alpha value is -1.26. The van der Waals surface area contributed by atoms with Crippen molar-refractivity contribution in [3.8, 4) is 5.75 Å². The van der Waals surface area contributed by atoms with Crippen molar-refractivity contribution in [3.05, 3.63) is 28.8 Å². The molecule has 0 radical (unpaired) electrons. The summed E-state index contributed by atoms with van der Waals surface area (Å²) in [5.74, 6) is 1.22. The van der Waals surface area contributed by atoms with Crippen molar-refractivity contribution < 1.29 is 9.53 Å². The number of rotatable bonds is 4. The second-order valence-corrected chi connectivity index (χ2v) is 6.14. The van der Waals surface area contributed by atoms with Crippen molar-refractivity contribution in [2.24, 2.45) is 11.7 Å². The van der Waals surface area contributed by atoms with Gasteiger partial charge in [-0.15, -0.1) is 0 Å². The van der Waals surface area contributed by atoms with Crippen LogP contribution in [0.2, 0.25) is 5.02 Å². The van der Waals surface area contributed by atoms with E-state index in [1.807, 2.05) is 24.0 Å². The lowest BCUT2D eigenvalue weighted by atomic mass is 9.92. The molecule has 1 saturated heterocycles. The number of carbonyl (C=O) groups excluding carboxylic acids is 1. The van der Waals surface area contributed by atoms with Crippen molar-refractivity contribution in [1.82, 2.24) is 4.90 Å². The molecule has 21 heavy (non-hydrogen) atoms. The SMILES string of the molecule is COc1ccc(CC(=O)N2CCC[C@@H]([C@@H](C)N)C2)c(Cl)c1. The van der Waals surface area contributed by atoms with Crippen LogP contribution in [0.4, 0.5) is 0 Å². The van der Waals surface area contributed by atoms with E-state index in [0.717, 1.165) is 31.5 Å². The number of piperidine rings is 1. The first-order valence-electron chi connectivity index (χ1n) is 7.37. The molecule has 4 nitrogen and oxygen atoms in total. The summed E-state index contributed by atoms with van der Waals surface area (Å²) in [4.78, 5) is 14.4. The average molecular weight is 311 g/mol. The first-order valence-corrected chi connectivity index (χ1v) is 7.75. The van der Waals surface area contributed by atoms with E-state index >= 15 is 0 Å². The maximum Gasteiger partial charge on any atom is 0.227 e. The zero-order valence-corrected chi connectivity index (χ0v) is 13.4. The van der Waals surface area contributed by atoms with Crippen LogP contribution in [0, 0.1) is 5.92 Å². The Labute approximate surface area is 131 Å². The minimum absolute atomic E-state index is 0.118. The monoisotopic (exact) mass is 310 g/mol. The van der Waals surface area contributed by atoms with Crippen molar-refractivity contribution in [1.29, 1.82) is 0 Å².